The highest BCUT2D eigenvalue weighted by Gasteiger charge is 2.24. The minimum absolute atomic E-state index is 0. The predicted molar refractivity (Wildman–Crippen MR) is 97.1 cm³/mol. The van der Waals surface area contributed by atoms with Crippen LogP contribution in [0, 0.1) is 0 Å². The number of aromatic nitrogens is 1. The fourth-order valence-corrected chi connectivity index (χ4v) is 3.10. The summed E-state index contributed by atoms with van der Waals surface area (Å²) in [6.07, 6.45) is 3.51. The van der Waals surface area contributed by atoms with Crippen LogP contribution in [0.5, 0.6) is 0 Å². The zero-order chi connectivity index (χ0) is 15.6. The molecule has 1 aliphatic rings. The maximum absolute atomic E-state index is 6.03. The molecule has 2 N–H and O–H groups in total. The first-order chi connectivity index (χ1) is 11.3. The van der Waals surface area contributed by atoms with E-state index in [1.165, 1.54) is 6.42 Å². The number of benzene rings is 2. The van der Waals surface area contributed by atoms with Crippen molar-refractivity contribution in [1.29, 1.82) is 0 Å². The second-order valence-electron chi connectivity index (χ2n) is 6.13. The molecular formula is C19H21ClN2O2. The molecule has 1 fully saturated rings. The molecule has 2 unspecified atom stereocenters. The van der Waals surface area contributed by atoms with Crippen LogP contribution >= 0.6 is 12.4 Å². The lowest BCUT2D eigenvalue weighted by molar-refractivity contribution is 0.0357. The van der Waals surface area contributed by atoms with E-state index < -0.39 is 0 Å². The van der Waals surface area contributed by atoms with E-state index in [9.17, 15) is 0 Å². The molecule has 1 saturated carbocycles. The standard InChI is InChI=1S/C19H20N2O2.ClH/c20-15-4-3-7-17(15)22-12-13-8-10-14(11-9-13)19-21-16-5-1-2-6-18(16)23-19;/h1-2,5-6,8-11,15,17H,3-4,7,12,20H2;1H. The normalized spacial score (nSPS) is 20.2. The molecule has 1 aliphatic carbocycles. The summed E-state index contributed by atoms with van der Waals surface area (Å²) < 4.78 is 11.7. The van der Waals surface area contributed by atoms with Crippen molar-refractivity contribution in [3.8, 4) is 11.5 Å². The van der Waals surface area contributed by atoms with E-state index in [0.717, 1.165) is 35.1 Å². The van der Waals surface area contributed by atoms with Crippen LogP contribution in [-0.2, 0) is 11.3 Å². The third-order valence-electron chi connectivity index (χ3n) is 4.46. The highest BCUT2D eigenvalue weighted by Crippen LogP contribution is 2.25. The van der Waals surface area contributed by atoms with Crippen LogP contribution in [0.15, 0.2) is 52.9 Å². The Bertz CT molecular complexity index is 767. The molecule has 2 atom stereocenters. The monoisotopic (exact) mass is 344 g/mol. The number of fused-ring (bicyclic) bond motifs is 1. The number of para-hydroxylation sites is 2. The number of halogens is 1. The van der Waals surface area contributed by atoms with E-state index >= 15 is 0 Å². The number of rotatable bonds is 4. The molecule has 126 valence electrons. The summed E-state index contributed by atoms with van der Waals surface area (Å²) in [5.74, 6) is 0.650. The number of nitrogens with two attached hydrogens (primary N) is 1. The zero-order valence-electron chi connectivity index (χ0n) is 13.4. The molecule has 1 heterocycles. The summed E-state index contributed by atoms with van der Waals surface area (Å²) in [6, 6.07) is 16.2. The summed E-state index contributed by atoms with van der Waals surface area (Å²) in [6.45, 7) is 0.603. The number of hydrogen-bond donors (Lipinski definition) is 1. The van der Waals surface area contributed by atoms with Crippen LogP contribution in [0.2, 0.25) is 0 Å². The van der Waals surface area contributed by atoms with Crippen molar-refractivity contribution >= 4 is 23.5 Å². The van der Waals surface area contributed by atoms with Crippen LogP contribution in [0.1, 0.15) is 24.8 Å². The Labute approximate surface area is 147 Å². The maximum atomic E-state index is 6.03. The van der Waals surface area contributed by atoms with Gasteiger partial charge < -0.3 is 14.9 Å². The van der Waals surface area contributed by atoms with Crippen molar-refractivity contribution in [2.24, 2.45) is 5.73 Å². The molecule has 0 spiro atoms. The van der Waals surface area contributed by atoms with E-state index in [1.54, 1.807) is 0 Å². The SMILES string of the molecule is Cl.NC1CCCC1OCc1ccc(-c2nc3ccccc3o2)cc1. The van der Waals surface area contributed by atoms with E-state index in [4.69, 9.17) is 14.9 Å². The van der Waals surface area contributed by atoms with Crippen molar-refractivity contribution in [2.75, 3.05) is 0 Å². The predicted octanol–water partition coefficient (Wildman–Crippen LogP) is 4.31. The van der Waals surface area contributed by atoms with Gasteiger partial charge in [-0.15, -0.1) is 12.4 Å². The van der Waals surface area contributed by atoms with E-state index in [-0.39, 0.29) is 24.6 Å². The van der Waals surface area contributed by atoms with Crippen LogP contribution in [0.25, 0.3) is 22.6 Å². The maximum Gasteiger partial charge on any atom is 0.227 e. The Morgan fingerprint density at radius 2 is 1.88 bits per heavy atom. The molecule has 3 aromatic rings. The van der Waals surface area contributed by atoms with Gasteiger partial charge in [0.2, 0.25) is 5.89 Å². The van der Waals surface area contributed by atoms with E-state index in [2.05, 4.69) is 17.1 Å². The van der Waals surface area contributed by atoms with E-state index in [0.29, 0.717) is 12.5 Å². The summed E-state index contributed by atoms with van der Waals surface area (Å²) in [7, 11) is 0. The molecule has 4 nitrogen and oxygen atoms in total. The van der Waals surface area contributed by atoms with Gasteiger partial charge in [0.15, 0.2) is 5.58 Å². The van der Waals surface area contributed by atoms with Crippen molar-refractivity contribution in [1.82, 2.24) is 4.98 Å². The first kappa shape index (κ1) is 17.0. The highest BCUT2D eigenvalue weighted by molar-refractivity contribution is 5.85. The average molecular weight is 345 g/mol. The third kappa shape index (κ3) is 3.46. The molecule has 5 heteroatoms. The lowest BCUT2D eigenvalue weighted by atomic mass is 10.1. The topological polar surface area (TPSA) is 61.3 Å². The van der Waals surface area contributed by atoms with Gasteiger partial charge in [-0.2, -0.15) is 0 Å². The van der Waals surface area contributed by atoms with Crippen molar-refractivity contribution in [3.63, 3.8) is 0 Å². The first-order valence-electron chi connectivity index (χ1n) is 8.12. The van der Waals surface area contributed by atoms with Crippen LogP contribution in [0.4, 0.5) is 0 Å². The fourth-order valence-electron chi connectivity index (χ4n) is 3.10. The molecule has 4 rings (SSSR count). The number of ether oxygens (including phenoxy) is 1. The first-order valence-corrected chi connectivity index (χ1v) is 8.12. The number of nitrogens with zero attached hydrogens (tertiary/aromatic N) is 1. The zero-order valence-corrected chi connectivity index (χ0v) is 14.2. The molecule has 0 saturated heterocycles. The lowest BCUT2D eigenvalue weighted by Gasteiger charge is -2.16. The largest absolute Gasteiger partial charge is 0.436 e. The fraction of sp³-hybridized carbons (Fsp3) is 0.316. The minimum Gasteiger partial charge on any atom is -0.436 e. The molecule has 0 radical (unpaired) electrons. The molecule has 2 aromatic carbocycles. The molecule has 0 amide bonds. The molecular weight excluding hydrogens is 324 g/mol. The number of hydrogen-bond acceptors (Lipinski definition) is 4. The Balaban J connectivity index is 0.00000169. The summed E-state index contributed by atoms with van der Waals surface area (Å²) in [4.78, 5) is 4.52. The van der Waals surface area contributed by atoms with Crippen LogP contribution in [0.3, 0.4) is 0 Å². The Morgan fingerprint density at radius 3 is 2.58 bits per heavy atom. The van der Waals surface area contributed by atoms with Gasteiger partial charge >= 0.3 is 0 Å². The van der Waals surface area contributed by atoms with Crippen molar-refractivity contribution in [3.05, 3.63) is 54.1 Å². The van der Waals surface area contributed by atoms with Gasteiger partial charge in [0.1, 0.15) is 5.52 Å². The third-order valence-corrected chi connectivity index (χ3v) is 4.46. The van der Waals surface area contributed by atoms with Gasteiger partial charge in [0.25, 0.3) is 0 Å². The van der Waals surface area contributed by atoms with Crippen molar-refractivity contribution < 1.29 is 9.15 Å². The Hall–Kier alpha value is -1.88. The van der Waals surface area contributed by atoms with Crippen LogP contribution < -0.4 is 5.73 Å². The Kier molecular flexibility index (Phi) is 5.19. The highest BCUT2D eigenvalue weighted by atomic mass is 35.5. The van der Waals surface area contributed by atoms with Crippen molar-refractivity contribution in [2.45, 2.75) is 38.0 Å². The molecule has 0 bridgehead atoms. The quantitative estimate of drug-likeness (QED) is 0.766. The summed E-state index contributed by atoms with van der Waals surface area (Å²) >= 11 is 0. The number of oxazole rings is 1. The Morgan fingerprint density at radius 1 is 1.08 bits per heavy atom. The van der Waals surface area contributed by atoms with Gasteiger partial charge in [0.05, 0.1) is 12.7 Å². The molecule has 1 aromatic heterocycles. The molecule has 0 aliphatic heterocycles. The van der Waals surface area contributed by atoms with E-state index in [1.807, 2.05) is 36.4 Å². The lowest BCUT2D eigenvalue weighted by Crippen LogP contribution is -2.31. The molecule has 24 heavy (non-hydrogen) atoms. The van der Waals surface area contributed by atoms with Gasteiger partial charge in [-0.25, -0.2) is 4.98 Å². The van der Waals surface area contributed by atoms with Gasteiger partial charge in [-0.1, -0.05) is 24.3 Å². The van der Waals surface area contributed by atoms with Gasteiger partial charge in [-0.3, -0.25) is 0 Å². The average Bonchev–Trinajstić information content (AvgIpc) is 3.19. The van der Waals surface area contributed by atoms with Crippen LogP contribution in [-0.4, -0.2) is 17.1 Å². The van der Waals surface area contributed by atoms with Gasteiger partial charge in [-0.05, 0) is 49.1 Å². The second-order valence-corrected chi connectivity index (χ2v) is 6.13. The minimum atomic E-state index is 0. The summed E-state index contributed by atoms with van der Waals surface area (Å²) in [5.41, 5.74) is 9.84. The second kappa shape index (κ2) is 7.34. The summed E-state index contributed by atoms with van der Waals surface area (Å²) in [5, 5.41) is 0. The van der Waals surface area contributed by atoms with Gasteiger partial charge in [0, 0.05) is 11.6 Å². The smallest absolute Gasteiger partial charge is 0.227 e.